The van der Waals surface area contributed by atoms with E-state index in [0.717, 1.165) is 31.4 Å². The second-order valence-electron chi connectivity index (χ2n) is 9.68. The van der Waals surface area contributed by atoms with Gasteiger partial charge in [0.25, 0.3) is 0 Å². The first-order chi connectivity index (χ1) is 17.8. The molecule has 4 aromatic rings. The molecule has 0 radical (unpaired) electrons. The summed E-state index contributed by atoms with van der Waals surface area (Å²) in [5.74, 6) is 0.472. The zero-order chi connectivity index (χ0) is 24.6. The van der Waals surface area contributed by atoms with Gasteiger partial charge in [0.05, 0.1) is 6.42 Å². The molecular formula is C34H33NO. The molecule has 0 spiro atoms. The van der Waals surface area contributed by atoms with Crippen LogP contribution in [-0.2, 0) is 24.1 Å². The van der Waals surface area contributed by atoms with Crippen molar-refractivity contribution in [1.82, 2.24) is 4.90 Å². The summed E-state index contributed by atoms with van der Waals surface area (Å²) in [5, 5.41) is 0. The second kappa shape index (κ2) is 11.7. The highest BCUT2D eigenvalue weighted by Crippen LogP contribution is 2.35. The Morgan fingerprint density at radius 2 is 1.17 bits per heavy atom. The molecule has 4 aromatic carbocycles. The maximum atomic E-state index is 13.7. The summed E-state index contributed by atoms with van der Waals surface area (Å²) in [4.78, 5) is 15.9. The van der Waals surface area contributed by atoms with Gasteiger partial charge in [-0.3, -0.25) is 4.79 Å². The van der Waals surface area contributed by atoms with Crippen LogP contribution in [0, 0.1) is 5.92 Å². The lowest BCUT2D eigenvalue weighted by Gasteiger charge is -2.43. The van der Waals surface area contributed by atoms with Gasteiger partial charge in [-0.2, -0.15) is 0 Å². The Labute approximate surface area is 214 Å². The molecule has 1 aliphatic heterocycles. The summed E-state index contributed by atoms with van der Waals surface area (Å²) in [6.45, 7) is 0.757. The first-order valence-electron chi connectivity index (χ1n) is 12.9. The molecule has 0 aliphatic carbocycles. The summed E-state index contributed by atoms with van der Waals surface area (Å²) in [6.07, 6.45) is 5.49. The van der Waals surface area contributed by atoms with Crippen molar-refractivity contribution in [2.45, 2.75) is 31.7 Å². The van der Waals surface area contributed by atoms with Crippen LogP contribution in [-0.4, -0.2) is 23.4 Å². The number of hydrogen-bond acceptors (Lipinski definition) is 1. The molecule has 0 aromatic heterocycles. The van der Waals surface area contributed by atoms with E-state index in [2.05, 4.69) is 114 Å². The molecule has 2 heteroatoms. The molecule has 2 unspecified atom stereocenters. The van der Waals surface area contributed by atoms with Gasteiger partial charge in [0.2, 0.25) is 5.91 Å². The molecule has 1 heterocycles. The van der Waals surface area contributed by atoms with Crippen molar-refractivity contribution in [3.8, 4) is 0 Å². The molecule has 0 bridgehead atoms. The average molecular weight is 472 g/mol. The van der Waals surface area contributed by atoms with Crippen LogP contribution in [0.25, 0.3) is 6.08 Å². The fourth-order valence-electron chi connectivity index (χ4n) is 5.43. The minimum atomic E-state index is 0.104. The van der Waals surface area contributed by atoms with Gasteiger partial charge in [-0.05, 0) is 41.5 Å². The summed E-state index contributed by atoms with van der Waals surface area (Å²) in [6, 6.07) is 42.2. The van der Waals surface area contributed by atoms with Crippen molar-refractivity contribution < 1.29 is 4.79 Å². The van der Waals surface area contributed by atoms with Crippen molar-refractivity contribution in [2.24, 2.45) is 5.92 Å². The Morgan fingerprint density at radius 1 is 0.667 bits per heavy atom. The van der Waals surface area contributed by atoms with E-state index in [1.165, 1.54) is 22.3 Å². The summed E-state index contributed by atoms with van der Waals surface area (Å²) >= 11 is 0. The van der Waals surface area contributed by atoms with Gasteiger partial charge in [-0.1, -0.05) is 133 Å². The van der Waals surface area contributed by atoms with Crippen LogP contribution in [0.15, 0.2) is 127 Å². The molecule has 180 valence electrons. The van der Waals surface area contributed by atoms with E-state index in [-0.39, 0.29) is 17.9 Å². The molecule has 1 saturated heterocycles. The molecule has 1 aliphatic rings. The smallest absolute Gasteiger partial charge is 0.227 e. The van der Waals surface area contributed by atoms with Crippen LogP contribution < -0.4 is 0 Å². The zero-order valence-corrected chi connectivity index (χ0v) is 20.7. The summed E-state index contributed by atoms with van der Waals surface area (Å²) in [7, 11) is 0. The fraction of sp³-hybridized carbons (Fsp3) is 0.206. The first-order valence-corrected chi connectivity index (χ1v) is 12.9. The van der Waals surface area contributed by atoms with E-state index in [1.54, 1.807) is 0 Å². The number of benzene rings is 4. The van der Waals surface area contributed by atoms with Gasteiger partial charge < -0.3 is 4.90 Å². The van der Waals surface area contributed by atoms with Crippen molar-refractivity contribution in [3.63, 3.8) is 0 Å². The van der Waals surface area contributed by atoms with Crippen LogP contribution in [0.4, 0.5) is 0 Å². The molecule has 1 fully saturated rings. The number of likely N-dealkylation sites (tertiary alicyclic amines) is 1. The highest BCUT2D eigenvalue weighted by atomic mass is 16.2. The maximum Gasteiger partial charge on any atom is 0.227 e. The van der Waals surface area contributed by atoms with Crippen molar-refractivity contribution in [2.75, 3.05) is 6.54 Å². The monoisotopic (exact) mass is 471 g/mol. The molecule has 36 heavy (non-hydrogen) atoms. The van der Waals surface area contributed by atoms with Gasteiger partial charge in [-0.15, -0.1) is 0 Å². The van der Waals surface area contributed by atoms with Crippen molar-refractivity contribution in [1.29, 1.82) is 0 Å². The number of piperidine rings is 1. The normalized spacial score (nSPS) is 18.8. The highest BCUT2D eigenvalue weighted by Gasteiger charge is 2.37. The molecular weight excluding hydrogens is 438 g/mol. The third-order valence-corrected chi connectivity index (χ3v) is 7.24. The Bertz CT molecular complexity index is 1270. The summed E-state index contributed by atoms with van der Waals surface area (Å²) in [5.41, 5.74) is 6.34. The molecule has 5 rings (SSSR count). The maximum absolute atomic E-state index is 13.7. The quantitative estimate of drug-likeness (QED) is 0.284. The number of nitrogens with zero attached hydrogens (tertiary/aromatic N) is 1. The number of amides is 1. The highest BCUT2D eigenvalue weighted by molar-refractivity contribution is 5.79. The number of hydrogen-bond donors (Lipinski definition) is 0. The number of carbonyl (C=O) groups excluding carboxylic acids is 1. The van der Waals surface area contributed by atoms with E-state index in [9.17, 15) is 4.79 Å². The van der Waals surface area contributed by atoms with Gasteiger partial charge in [0.1, 0.15) is 0 Å². The summed E-state index contributed by atoms with van der Waals surface area (Å²) < 4.78 is 0. The van der Waals surface area contributed by atoms with Crippen LogP contribution in [0.1, 0.15) is 28.7 Å². The van der Waals surface area contributed by atoms with Gasteiger partial charge in [-0.25, -0.2) is 0 Å². The van der Waals surface area contributed by atoms with E-state index in [1.807, 2.05) is 18.2 Å². The predicted octanol–water partition coefficient (Wildman–Crippen LogP) is 7.02. The third kappa shape index (κ3) is 6.01. The first kappa shape index (κ1) is 23.8. The second-order valence-corrected chi connectivity index (χ2v) is 9.68. The molecule has 1 amide bonds. The SMILES string of the molecule is O=C(Cc1ccccc1)N1CC/C(=C\c2ccccc2)C(Cc2ccccc2)C1Cc1ccccc1. The predicted molar refractivity (Wildman–Crippen MR) is 148 cm³/mol. The Balaban J connectivity index is 1.52. The number of rotatable bonds is 7. The van der Waals surface area contributed by atoms with Gasteiger partial charge in [0, 0.05) is 18.5 Å². The lowest BCUT2D eigenvalue weighted by molar-refractivity contribution is -0.134. The standard InChI is InChI=1S/C34H33NO/c36-34(26-30-19-11-4-12-20-30)35-22-21-31(23-27-13-5-1-6-14-27)32(24-28-15-7-2-8-16-28)33(35)25-29-17-9-3-10-18-29/h1-20,23,32-33H,21-22,24-26H2/b31-23+. The third-order valence-electron chi connectivity index (χ3n) is 7.24. The molecule has 0 saturated carbocycles. The Hall–Kier alpha value is -3.91. The topological polar surface area (TPSA) is 20.3 Å². The van der Waals surface area contributed by atoms with Crippen LogP contribution in [0.5, 0.6) is 0 Å². The molecule has 0 N–H and O–H groups in total. The Morgan fingerprint density at radius 3 is 1.75 bits per heavy atom. The average Bonchev–Trinajstić information content (AvgIpc) is 2.93. The number of carbonyl (C=O) groups is 1. The fourth-order valence-corrected chi connectivity index (χ4v) is 5.43. The van der Waals surface area contributed by atoms with Crippen LogP contribution in [0.2, 0.25) is 0 Å². The van der Waals surface area contributed by atoms with Gasteiger partial charge >= 0.3 is 0 Å². The van der Waals surface area contributed by atoms with Crippen LogP contribution >= 0.6 is 0 Å². The van der Waals surface area contributed by atoms with Crippen molar-refractivity contribution in [3.05, 3.63) is 149 Å². The van der Waals surface area contributed by atoms with E-state index < -0.39 is 0 Å². The minimum Gasteiger partial charge on any atom is -0.338 e. The van der Waals surface area contributed by atoms with E-state index >= 15 is 0 Å². The Kier molecular flexibility index (Phi) is 7.73. The lowest BCUT2D eigenvalue weighted by Crippen LogP contribution is -2.51. The largest absolute Gasteiger partial charge is 0.338 e. The molecule has 2 nitrogen and oxygen atoms in total. The van der Waals surface area contributed by atoms with Crippen LogP contribution in [0.3, 0.4) is 0 Å². The van der Waals surface area contributed by atoms with Gasteiger partial charge in [0.15, 0.2) is 0 Å². The zero-order valence-electron chi connectivity index (χ0n) is 20.7. The van der Waals surface area contributed by atoms with E-state index in [4.69, 9.17) is 0 Å². The van der Waals surface area contributed by atoms with E-state index in [0.29, 0.717) is 6.42 Å². The van der Waals surface area contributed by atoms with Crippen molar-refractivity contribution >= 4 is 12.0 Å². The lowest BCUT2D eigenvalue weighted by atomic mass is 9.77. The minimum absolute atomic E-state index is 0.104. The molecule has 2 atom stereocenters.